The molecule has 3 heteroatoms. The Morgan fingerprint density at radius 3 is 1.52 bits per heavy atom. The molecular weight excluding hydrogens is 414 g/mol. The van der Waals surface area contributed by atoms with Crippen LogP contribution in [0.15, 0.2) is 95.5 Å². The summed E-state index contributed by atoms with van der Waals surface area (Å²) in [5.74, 6) is 0. The van der Waals surface area contributed by atoms with Crippen molar-refractivity contribution in [2.45, 2.75) is 0 Å². The minimum atomic E-state index is 0.785. The van der Waals surface area contributed by atoms with Crippen LogP contribution in [-0.2, 0) is 7.05 Å². The summed E-state index contributed by atoms with van der Waals surface area (Å²) in [7, 11) is 2.04. The number of benzene rings is 3. The highest BCUT2D eigenvalue weighted by Crippen LogP contribution is 2.44. The van der Waals surface area contributed by atoms with E-state index < -0.39 is 0 Å². The summed E-state index contributed by atoms with van der Waals surface area (Å²) in [6, 6.07) is 31.4. The van der Waals surface area contributed by atoms with E-state index in [4.69, 9.17) is 12.2 Å². The monoisotopic (exact) mass is 431 g/mol. The summed E-state index contributed by atoms with van der Waals surface area (Å²) < 4.78 is 3.83. The van der Waals surface area contributed by atoms with Crippen LogP contribution in [0.25, 0.3) is 33.5 Å². The lowest BCUT2D eigenvalue weighted by molar-refractivity contribution is 0.895. The van der Waals surface area contributed by atoms with Crippen LogP contribution in [0.1, 0.15) is 0 Å². The Morgan fingerprint density at radius 2 is 1.04 bits per heavy atom. The van der Waals surface area contributed by atoms with Crippen molar-refractivity contribution < 1.29 is 0 Å². The molecule has 1 heterocycles. The third-order valence-electron chi connectivity index (χ3n) is 4.71. The lowest BCUT2D eigenvalue weighted by Crippen LogP contribution is -2.04. The van der Waals surface area contributed by atoms with Gasteiger partial charge in [-0.2, -0.15) is 0 Å². The van der Waals surface area contributed by atoms with Gasteiger partial charge < -0.3 is 4.57 Å². The number of aromatic nitrogens is 1. The fourth-order valence-corrected chi connectivity index (χ4v) is 4.33. The molecule has 132 valence electrons. The van der Waals surface area contributed by atoms with Gasteiger partial charge in [0.15, 0.2) is 0 Å². The second kappa shape index (κ2) is 7.63. The van der Waals surface area contributed by atoms with Crippen molar-refractivity contribution in [1.82, 2.24) is 4.57 Å². The van der Waals surface area contributed by atoms with E-state index in [0.717, 1.165) is 31.5 Å². The molecule has 0 aliphatic rings. The van der Waals surface area contributed by atoms with Crippen LogP contribution in [0.5, 0.6) is 0 Å². The summed E-state index contributed by atoms with van der Waals surface area (Å²) >= 11 is 9.59. The number of hydrogen-bond acceptors (Lipinski definition) is 1. The smallest absolute Gasteiger partial charge is 0.121 e. The Kier molecular flexibility index (Phi) is 5.06. The minimum absolute atomic E-state index is 0.785. The Balaban J connectivity index is 2.20. The molecule has 0 amide bonds. The van der Waals surface area contributed by atoms with Gasteiger partial charge in [-0.05, 0) is 32.6 Å². The van der Waals surface area contributed by atoms with Gasteiger partial charge in [0.25, 0.3) is 0 Å². The lowest BCUT2D eigenvalue weighted by atomic mass is 9.91. The third kappa shape index (κ3) is 3.29. The van der Waals surface area contributed by atoms with Gasteiger partial charge in [0.1, 0.15) is 4.64 Å². The molecule has 1 nitrogen and oxygen atoms in total. The Hall–Kier alpha value is -2.49. The zero-order chi connectivity index (χ0) is 18.8. The predicted molar refractivity (Wildman–Crippen MR) is 120 cm³/mol. The van der Waals surface area contributed by atoms with Gasteiger partial charge in [-0.3, -0.25) is 0 Å². The van der Waals surface area contributed by atoms with Crippen LogP contribution in [0, 0.1) is 4.64 Å². The van der Waals surface area contributed by atoms with Crippen molar-refractivity contribution in [3.63, 3.8) is 0 Å². The van der Waals surface area contributed by atoms with Crippen LogP contribution in [-0.4, -0.2) is 4.57 Å². The molecule has 0 bridgehead atoms. The SMILES string of the molecule is Cn1c(-c2ccccc2)c(-c2ccccc2)c(-c2ccccc2)c(Br)c1=S. The number of halogens is 1. The first-order valence-electron chi connectivity index (χ1n) is 8.77. The first-order chi connectivity index (χ1) is 13.2. The van der Waals surface area contributed by atoms with Gasteiger partial charge in [-0.15, -0.1) is 0 Å². The summed E-state index contributed by atoms with van der Waals surface area (Å²) in [6.07, 6.45) is 0. The first-order valence-corrected chi connectivity index (χ1v) is 9.97. The van der Waals surface area contributed by atoms with E-state index in [1.165, 1.54) is 11.1 Å². The van der Waals surface area contributed by atoms with Gasteiger partial charge in [0, 0.05) is 18.2 Å². The summed E-state index contributed by atoms with van der Waals surface area (Å²) in [5.41, 5.74) is 6.89. The fraction of sp³-hybridized carbons (Fsp3) is 0.0417. The molecule has 3 aromatic carbocycles. The van der Waals surface area contributed by atoms with Crippen LogP contribution >= 0.6 is 28.1 Å². The van der Waals surface area contributed by atoms with Crippen molar-refractivity contribution in [3.8, 4) is 33.5 Å². The lowest BCUT2D eigenvalue weighted by Gasteiger charge is -2.22. The van der Waals surface area contributed by atoms with Gasteiger partial charge in [-0.1, -0.05) is 103 Å². The van der Waals surface area contributed by atoms with Crippen molar-refractivity contribution in [2.75, 3.05) is 0 Å². The molecule has 0 spiro atoms. The highest BCUT2D eigenvalue weighted by molar-refractivity contribution is 9.10. The zero-order valence-electron chi connectivity index (χ0n) is 14.9. The van der Waals surface area contributed by atoms with Gasteiger partial charge in [0.2, 0.25) is 0 Å². The van der Waals surface area contributed by atoms with E-state index in [2.05, 4.69) is 93.3 Å². The zero-order valence-corrected chi connectivity index (χ0v) is 17.3. The molecule has 0 unspecified atom stereocenters. The van der Waals surface area contributed by atoms with Crippen molar-refractivity contribution in [1.29, 1.82) is 0 Å². The normalized spacial score (nSPS) is 10.7. The van der Waals surface area contributed by atoms with E-state index in [9.17, 15) is 0 Å². The number of nitrogens with zero attached hydrogens (tertiary/aromatic N) is 1. The molecule has 4 aromatic rings. The van der Waals surface area contributed by atoms with E-state index in [1.807, 2.05) is 25.2 Å². The van der Waals surface area contributed by atoms with Crippen molar-refractivity contribution in [3.05, 3.63) is 100 Å². The maximum absolute atomic E-state index is 5.80. The van der Waals surface area contributed by atoms with Crippen LogP contribution in [0.4, 0.5) is 0 Å². The number of pyridine rings is 1. The molecular formula is C24H18BrNS. The third-order valence-corrected chi connectivity index (χ3v) is 6.22. The molecule has 27 heavy (non-hydrogen) atoms. The van der Waals surface area contributed by atoms with E-state index in [-0.39, 0.29) is 0 Å². The molecule has 0 aliphatic heterocycles. The molecule has 0 fully saturated rings. The minimum Gasteiger partial charge on any atom is -0.334 e. The van der Waals surface area contributed by atoms with E-state index in [0.29, 0.717) is 0 Å². The van der Waals surface area contributed by atoms with Crippen LogP contribution in [0.3, 0.4) is 0 Å². The molecule has 4 rings (SSSR count). The summed E-state index contributed by atoms with van der Waals surface area (Å²) in [5, 5.41) is 0. The van der Waals surface area contributed by atoms with Crippen molar-refractivity contribution in [2.24, 2.45) is 7.05 Å². The van der Waals surface area contributed by atoms with E-state index in [1.54, 1.807) is 0 Å². The highest BCUT2D eigenvalue weighted by Gasteiger charge is 2.20. The second-order valence-electron chi connectivity index (χ2n) is 6.37. The predicted octanol–water partition coefficient (Wildman–Crippen LogP) is 7.52. The first kappa shape index (κ1) is 17.9. The standard InChI is InChI=1S/C24H18BrNS/c1-26-23(19-15-9-4-10-16-19)21(18-13-7-3-8-14-18)20(22(25)24(26)27)17-11-5-2-6-12-17/h2-16H,1H3. The molecule has 0 atom stereocenters. The summed E-state index contributed by atoms with van der Waals surface area (Å²) in [6.45, 7) is 0. The van der Waals surface area contributed by atoms with Crippen molar-refractivity contribution >= 4 is 28.1 Å². The average molecular weight is 432 g/mol. The van der Waals surface area contributed by atoms with Crippen LogP contribution in [0.2, 0.25) is 0 Å². The van der Waals surface area contributed by atoms with E-state index >= 15 is 0 Å². The summed E-state index contributed by atoms with van der Waals surface area (Å²) in [4.78, 5) is 0. The Morgan fingerprint density at radius 1 is 0.630 bits per heavy atom. The van der Waals surface area contributed by atoms with Gasteiger partial charge in [-0.25, -0.2) is 0 Å². The quantitative estimate of drug-likeness (QED) is 0.303. The molecule has 0 saturated carbocycles. The highest BCUT2D eigenvalue weighted by atomic mass is 79.9. The molecule has 0 saturated heterocycles. The topological polar surface area (TPSA) is 4.93 Å². The van der Waals surface area contributed by atoms with Gasteiger partial charge >= 0.3 is 0 Å². The largest absolute Gasteiger partial charge is 0.334 e. The molecule has 0 aliphatic carbocycles. The molecule has 0 N–H and O–H groups in total. The number of rotatable bonds is 3. The Bertz CT molecular complexity index is 1060. The molecule has 0 radical (unpaired) electrons. The average Bonchev–Trinajstić information content (AvgIpc) is 2.73. The molecule has 1 aromatic heterocycles. The fourth-order valence-electron chi connectivity index (χ4n) is 3.45. The maximum atomic E-state index is 5.80. The Labute approximate surface area is 173 Å². The van der Waals surface area contributed by atoms with Crippen LogP contribution < -0.4 is 0 Å². The second-order valence-corrected chi connectivity index (χ2v) is 7.55. The maximum Gasteiger partial charge on any atom is 0.121 e. The number of hydrogen-bond donors (Lipinski definition) is 0. The van der Waals surface area contributed by atoms with Gasteiger partial charge in [0.05, 0.1) is 10.2 Å².